The Morgan fingerprint density at radius 3 is 2.60 bits per heavy atom. The zero-order valence-electron chi connectivity index (χ0n) is 10.9. The second kappa shape index (κ2) is 5.94. The van der Waals surface area contributed by atoms with E-state index in [1.54, 1.807) is 17.5 Å². The molecule has 1 atom stereocenters. The van der Waals surface area contributed by atoms with E-state index in [1.165, 1.54) is 0 Å². The SMILES string of the molecule is NC(Cc1nc(-c2ccccc2)cs1)c1ccccn1. The fourth-order valence-electron chi connectivity index (χ4n) is 2.03. The van der Waals surface area contributed by atoms with E-state index in [0.29, 0.717) is 6.42 Å². The molecule has 2 heterocycles. The summed E-state index contributed by atoms with van der Waals surface area (Å²) in [6, 6.07) is 15.9. The van der Waals surface area contributed by atoms with E-state index >= 15 is 0 Å². The lowest BCUT2D eigenvalue weighted by atomic mass is 10.1. The van der Waals surface area contributed by atoms with Crippen molar-refractivity contribution < 1.29 is 0 Å². The van der Waals surface area contributed by atoms with Gasteiger partial charge in [-0.1, -0.05) is 36.4 Å². The average Bonchev–Trinajstić information content (AvgIpc) is 2.97. The molecular weight excluding hydrogens is 266 g/mol. The molecule has 1 aromatic carbocycles. The number of nitrogens with two attached hydrogens (primary N) is 1. The first kappa shape index (κ1) is 13.0. The van der Waals surface area contributed by atoms with Crippen LogP contribution in [0.15, 0.2) is 60.1 Å². The van der Waals surface area contributed by atoms with Crippen LogP contribution in [-0.4, -0.2) is 9.97 Å². The minimum Gasteiger partial charge on any atom is -0.322 e. The van der Waals surface area contributed by atoms with Gasteiger partial charge in [-0.05, 0) is 12.1 Å². The highest BCUT2D eigenvalue weighted by atomic mass is 32.1. The van der Waals surface area contributed by atoms with Crippen molar-refractivity contribution >= 4 is 11.3 Å². The molecule has 100 valence electrons. The first-order valence-electron chi connectivity index (χ1n) is 6.49. The van der Waals surface area contributed by atoms with Crippen LogP contribution < -0.4 is 5.73 Å². The summed E-state index contributed by atoms with van der Waals surface area (Å²) in [7, 11) is 0. The summed E-state index contributed by atoms with van der Waals surface area (Å²) >= 11 is 1.65. The van der Waals surface area contributed by atoms with Crippen molar-refractivity contribution in [2.24, 2.45) is 5.73 Å². The van der Waals surface area contributed by atoms with Gasteiger partial charge in [0.1, 0.15) is 0 Å². The maximum Gasteiger partial charge on any atom is 0.0952 e. The molecule has 0 aliphatic carbocycles. The number of benzene rings is 1. The van der Waals surface area contributed by atoms with Gasteiger partial charge >= 0.3 is 0 Å². The molecule has 0 saturated heterocycles. The average molecular weight is 281 g/mol. The Bertz CT molecular complexity index is 664. The predicted octanol–water partition coefficient (Wildman–Crippen LogP) is 3.45. The molecule has 2 aromatic heterocycles. The van der Waals surface area contributed by atoms with Gasteiger partial charge in [0.25, 0.3) is 0 Å². The highest BCUT2D eigenvalue weighted by Gasteiger charge is 2.11. The standard InChI is InChI=1S/C16H15N3S/c17-13(14-8-4-5-9-18-14)10-16-19-15(11-20-16)12-6-2-1-3-7-12/h1-9,11,13H,10,17H2. The summed E-state index contributed by atoms with van der Waals surface area (Å²) in [5.41, 5.74) is 9.24. The molecule has 0 saturated carbocycles. The third-order valence-corrected chi connectivity index (χ3v) is 3.95. The smallest absolute Gasteiger partial charge is 0.0952 e. The molecule has 0 aliphatic rings. The number of hydrogen-bond donors (Lipinski definition) is 1. The summed E-state index contributed by atoms with van der Waals surface area (Å²) in [5, 5.41) is 3.12. The summed E-state index contributed by atoms with van der Waals surface area (Å²) < 4.78 is 0. The molecule has 20 heavy (non-hydrogen) atoms. The lowest BCUT2D eigenvalue weighted by Crippen LogP contribution is -2.14. The van der Waals surface area contributed by atoms with Gasteiger partial charge in [-0.15, -0.1) is 11.3 Å². The van der Waals surface area contributed by atoms with E-state index < -0.39 is 0 Å². The zero-order chi connectivity index (χ0) is 13.8. The molecule has 0 amide bonds. The highest BCUT2D eigenvalue weighted by Crippen LogP contribution is 2.24. The Morgan fingerprint density at radius 2 is 1.85 bits per heavy atom. The second-order valence-electron chi connectivity index (χ2n) is 4.56. The summed E-state index contributed by atoms with van der Waals surface area (Å²) in [5.74, 6) is 0. The third-order valence-electron chi connectivity index (χ3n) is 3.08. The summed E-state index contributed by atoms with van der Waals surface area (Å²) in [6.45, 7) is 0. The van der Waals surface area contributed by atoms with Gasteiger partial charge in [-0.25, -0.2) is 4.98 Å². The van der Waals surface area contributed by atoms with Crippen molar-refractivity contribution in [1.29, 1.82) is 0 Å². The molecule has 3 rings (SSSR count). The molecule has 2 N–H and O–H groups in total. The van der Waals surface area contributed by atoms with Gasteiger partial charge in [0.15, 0.2) is 0 Å². The Balaban J connectivity index is 1.75. The second-order valence-corrected chi connectivity index (χ2v) is 5.50. The number of aromatic nitrogens is 2. The van der Waals surface area contributed by atoms with Gasteiger partial charge in [-0.2, -0.15) is 0 Å². The van der Waals surface area contributed by atoms with E-state index in [4.69, 9.17) is 5.73 Å². The minimum atomic E-state index is -0.106. The van der Waals surface area contributed by atoms with E-state index in [-0.39, 0.29) is 6.04 Å². The van der Waals surface area contributed by atoms with Crippen LogP contribution in [0.25, 0.3) is 11.3 Å². The number of pyridine rings is 1. The van der Waals surface area contributed by atoms with E-state index in [2.05, 4.69) is 27.5 Å². The van der Waals surface area contributed by atoms with Crippen molar-refractivity contribution in [3.63, 3.8) is 0 Å². The zero-order valence-corrected chi connectivity index (χ0v) is 11.8. The number of rotatable bonds is 4. The van der Waals surface area contributed by atoms with Gasteiger partial charge in [0.2, 0.25) is 0 Å². The van der Waals surface area contributed by atoms with Crippen LogP contribution >= 0.6 is 11.3 Å². The molecule has 1 unspecified atom stereocenters. The molecule has 0 fully saturated rings. The molecular formula is C16H15N3S. The van der Waals surface area contributed by atoms with Crippen molar-refractivity contribution in [3.8, 4) is 11.3 Å². The molecule has 0 bridgehead atoms. The predicted molar refractivity (Wildman–Crippen MR) is 82.4 cm³/mol. The van der Waals surface area contributed by atoms with Crippen LogP contribution in [0.1, 0.15) is 16.7 Å². The lowest BCUT2D eigenvalue weighted by Gasteiger charge is -2.08. The third kappa shape index (κ3) is 2.92. The van der Waals surface area contributed by atoms with Crippen molar-refractivity contribution in [2.75, 3.05) is 0 Å². The summed E-state index contributed by atoms with van der Waals surface area (Å²) in [4.78, 5) is 8.95. The van der Waals surface area contributed by atoms with E-state index in [1.807, 2.05) is 36.4 Å². The van der Waals surface area contributed by atoms with Crippen LogP contribution in [0, 0.1) is 0 Å². The first-order valence-corrected chi connectivity index (χ1v) is 7.37. The maximum atomic E-state index is 6.18. The molecule has 0 aliphatic heterocycles. The molecule has 3 aromatic rings. The Morgan fingerprint density at radius 1 is 1.05 bits per heavy atom. The lowest BCUT2D eigenvalue weighted by molar-refractivity contribution is 0.693. The fourth-order valence-corrected chi connectivity index (χ4v) is 2.90. The normalized spacial score (nSPS) is 12.2. The van der Waals surface area contributed by atoms with Crippen LogP contribution in [0.5, 0.6) is 0 Å². The van der Waals surface area contributed by atoms with E-state index in [9.17, 15) is 0 Å². The molecule has 0 spiro atoms. The van der Waals surface area contributed by atoms with Gasteiger partial charge < -0.3 is 5.73 Å². The Kier molecular flexibility index (Phi) is 3.85. The van der Waals surface area contributed by atoms with Gasteiger partial charge in [0.05, 0.1) is 22.4 Å². The van der Waals surface area contributed by atoms with Crippen LogP contribution in [0.4, 0.5) is 0 Å². The highest BCUT2D eigenvalue weighted by molar-refractivity contribution is 7.09. The minimum absolute atomic E-state index is 0.106. The largest absolute Gasteiger partial charge is 0.322 e. The maximum absolute atomic E-state index is 6.18. The molecule has 0 radical (unpaired) electrons. The van der Waals surface area contributed by atoms with Crippen LogP contribution in [0.3, 0.4) is 0 Å². The first-order chi connectivity index (χ1) is 9.83. The van der Waals surface area contributed by atoms with Crippen molar-refractivity contribution in [3.05, 3.63) is 70.8 Å². The number of nitrogens with zero attached hydrogens (tertiary/aromatic N) is 2. The van der Waals surface area contributed by atoms with Crippen molar-refractivity contribution in [1.82, 2.24) is 9.97 Å². The van der Waals surface area contributed by atoms with E-state index in [0.717, 1.165) is 22.0 Å². The topological polar surface area (TPSA) is 51.8 Å². The fraction of sp³-hybridized carbons (Fsp3) is 0.125. The van der Waals surface area contributed by atoms with Crippen LogP contribution in [-0.2, 0) is 6.42 Å². The van der Waals surface area contributed by atoms with Gasteiger partial charge in [0, 0.05) is 23.6 Å². The number of hydrogen-bond acceptors (Lipinski definition) is 4. The monoisotopic (exact) mass is 281 g/mol. The Labute approximate surface area is 122 Å². The van der Waals surface area contributed by atoms with Gasteiger partial charge in [-0.3, -0.25) is 4.98 Å². The number of thiazole rings is 1. The van der Waals surface area contributed by atoms with Crippen molar-refractivity contribution in [2.45, 2.75) is 12.5 Å². The summed E-state index contributed by atoms with van der Waals surface area (Å²) in [6.07, 6.45) is 2.49. The quantitative estimate of drug-likeness (QED) is 0.797. The van der Waals surface area contributed by atoms with Crippen LogP contribution in [0.2, 0.25) is 0 Å². The molecule has 4 heteroatoms. The molecule has 3 nitrogen and oxygen atoms in total. The Hall–Kier alpha value is -2.04.